The van der Waals surface area contributed by atoms with Crippen LogP contribution >= 0.6 is 0 Å². The van der Waals surface area contributed by atoms with E-state index in [1.54, 1.807) is 18.2 Å². The third-order valence-corrected chi connectivity index (χ3v) is 4.39. The lowest BCUT2D eigenvalue weighted by Crippen LogP contribution is -2.43. The maximum absolute atomic E-state index is 13.4. The topological polar surface area (TPSA) is 45.7 Å². The molecule has 0 radical (unpaired) electrons. The van der Waals surface area contributed by atoms with Gasteiger partial charge >= 0.3 is 0 Å². The summed E-state index contributed by atoms with van der Waals surface area (Å²) in [6.07, 6.45) is 0.709. The van der Waals surface area contributed by atoms with E-state index in [1.165, 1.54) is 12.1 Å². The van der Waals surface area contributed by atoms with Crippen LogP contribution in [0.15, 0.2) is 36.4 Å². The number of hydrogen-bond acceptors (Lipinski definition) is 3. The van der Waals surface area contributed by atoms with Gasteiger partial charge in [0.2, 0.25) is 0 Å². The van der Waals surface area contributed by atoms with E-state index in [-0.39, 0.29) is 17.3 Å². The highest BCUT2D eigenvalue weighted by atomic mass is 19.1. The number of hydrogen-bond donors (Lipinski definition) is 0. The predicted octanol–water partition coefficient (Wildman–Crippen LogP) is 2.67. The molecule has 4 rings (SSSR count). The van der Waals surface area contributed by atoms with Crippen molar-refractivity contribution in [3.63, 3.8) is 0 Å². The van der Waals surface area contributed by atoms with E-state index < -0.39 is 0 Å². The maximum Gasteiger partial charge on any atom is 0.255 e. The number of fused-ring (bicyclic) bond motifs is 1. The highest BCUT2D eigenvalue weighted by molar-refractivity contribution is 5.96. The molecule has 1 amide bonds. The zero-order valence-corrected chi connectivity index (χ0v) is 12.9. The smallest absolute Gasteiger partial charge is 0.255 e. The Labute approximate surface area is 133 Å². The van der Waals surface area contributed by atoms with Crippen molar-refractivity contribution in [1.82, 2.24) is 9.88 Å². The number of carbonyl (C=O) groups is 1. The van der Waals surface area contributed by atoms with Gasteiger partial charge in [0.15, 0.2) is 0 Å². The fraction of sp³-hybridized carbons (Fsp3) is 0.333. The summed E-state index contributed by atoms with van der Waals surface area (Å²) in [7, 11) is 0. The first-order chi connectivity index (χ1) is 11.0. The molecule has 2 aromatic rings. The van der Waals surface area contributed by atoms with Crippen LogP contribution in [0.2, 0.25) is 0 Å². The Bertz CT molecular complexity index is 786. The first-order valence-electron chi connectivity index (χ1n) is 7.73. The van der Waals surface area contributed by atoms with Crippen molar-refractivity contribution in [1.29, 1.82) is 0 Å². The summed E-state index contributed by atoms with van der Waals surface area (Å²) in [6.45, 7) is 3.99. The fourth-order valence-electron chi connectivity index (χ4n) is 2.98. The molecule has 3 heterocycles. The second kappa shape index (κ2) is 5.13. The van der Waals surface area contributed by atoms with Crippen LogP contribution in [0, 0.1) is 5.82 Å². The second-order valence-corrected chi connectivity index (χ2v) is 6.42. The molecule has 0 aliphatic carbocycles. The van der Waals surface area contributed by atoms with Gasteiger partial charge in [-0.1, -0.05) is 12.1 Å². The highest BCUT2D eigenvalue weighted by Gasteiger charge is 2.43. The van der Waals surface area contributed by atoms with Crippen LogP contribution in [0.4, 0.5) is 4.39 Å². The minimum Gasteiger partial charge on any atom is -0.368 e. The number of aromatic nitrogens is 1. The maximum atomic E-state index is 13.4. The van der Waals surface area contributed by atoms with Crippen molar-refractivity contribution in [3.05, 3.63) is 53.5 Å². The molecule has 1 fully saturated rings. The van der Waals surface area contributed by atoms with Crippen LogP contribution in [0.1, 0.15) is 23.0 Å². The van der Waals surface area contributed by atoms with Gasteiger partial charge in [-0.2, -0.15) is 0 Å². The quantitative estimate of drug-likeness (QED) is 0.819. The van der Waals surface area contributed by atoms with Gasteiger partial charge in [0, 0.05) is 18.5 Å². The molecular weight excluding hydrogens is 295 g/mol. The summed E-state index contributed by atoms with van der Waals surface area (Å²) in [5.74, 6) is -0.289. The molecule has 0 saturated carbocycles. The minimum absolute atomic E-state index is 0.00117. The Morgan fingerprint density at radius 3 is 2.91 bits per heavy atom. The average molecular weight is 312 g/mol. The lowest BCUT2D eigenvalue weighted by atomic mass is 10.0. The summed E-state index contributed by atoms with van der Waals surface area (Å²) < 4.78 is 18.7. The normalized spacial score (nSPS) is 22.9. The summed E-state index contributed by atoms with van der Waals surface area (Å²) in [4.78, 5) is 19.0. The molecule has 1 saturated heterocycles. The van der Waals surface area contributed by atoms with Crippen molar-refractivity contribution in [2.45, 2.75) is 18.9 Å². The predicted molar refractivity (Wildman–Crippen MR) is 83.6 cm³/mol. The first-order valence-corrected chi connectivity index (χ1v) is 7.73. The van der Waals surface area contributed by atoms with Crippen LogP contribution in [0.3, 0.4) is 0 Å². The third kappa shape index (κ3) is 2.72. The number of halogens is 1. The number of pyridine rings is 1. The van der Waals surface area contributed by atoms with Crippen LogP contribution < -0.4 is 0 Å². The standard InChI is InChI=1S/C18H17FN2O2/c1-18(11-23-18)10-21-8-7-16-14(17(21)22)5-6-15(20-16)12-3-2-4-13(19)9-12/h2-6,9H,7-8,10-11H2,1H3. The summed E-state index contributed by atoms with van der Waals surface area (Å²) in [5.41, 5.74) is 2.67. The van der Waals surface area contributed by atoms with Crippen molar-refractivity contribution in [2.75, 3.05) is 19.7 Å². The van der Waals surface area contributed by atoms with Crippen LogP contribution in [-0.4, -0.2) is 41.1 Å². The van der Waals surface area contributed by atoms with Crippen LogP contribution in [0.5, 0.6) is 0 Å². The van der Waals surface area contributed by atoms with Gasteiger partial charge in [0.25, 0.3) is 5.91 Å². The Balaban J connectivity index is 1.62. The molecule has 2 aliphatic rings. The van der Waals surface area contributed by atoms with Crippen molar-refractivity contribution < 1.29 is 13.9 Å². The Kier molecular flexibility index (Phi) is 3.20. The fourth-order valence-corrected chi connectivity index (χ4v) is 2.98. The molecule has 2 aliphatic heterocycles. The van der Waals surface area contributed by atoms with Crippen molar-refractivity contribution in [2.24, 2.45) is 0 Å². The number of ether oxygens (including phenoxy) is 1. The number of benzene rings is 1. The Morgan fingerprint density at radius 2 is 2.17 bits per heavy atom. The molecule has 0 spiro atoms. The van der Waals surface area contributed by atoms with Gasteiger partial charge in [-0.3, -0.25) is 9.78 Å². The van der Waals surface area contributed by atoms with Crippen LogP contribution in [0.25, 0.3) is 11.3 Å². The number of nitrogens with zero attached hydrogens (tertiary/aromatic N) is 2. The molecule has 1 unspecified atom stereocenters. The molecule has 1 atom stereocenters. The minimum atomic E-state index is -0.290. The average Bonchev–Trinajstić information content (AvgIpc) is 3.27. The monoisotopic (exact) mass is 312 g/mol. The van der Waals surface area contributed by atoms with E-state index in [0.717, 1.165) is 11.3 Å². The summed E-state index contributed by atoms with van der Waals surface area (Å²) in [5, 5.41) is 0. The van der Waals surface area contributed by atoms with Crippen LogP contribution in [-0.2, 0) is 11.2 Å². The Hall–Kier alpha value is -2.27. The number of rotatable bonds is 3. The highest BCUT2D eigenvalue weighted by Crippen LogP contribution is 2.30. The lowest BCUT2D eigenvalue weighted by molar-refractivity contribution is 0.0694. The number of carbonyl (C=O) groups excluding carboxylic acids is 1. The Morgan fingerprint density at radius 1 is 1.35 bits per heavy atom. The number of amides is 1. The van der Waals surface area contributed by atoms with Crippen molar-refractivity contribution in [3.8, 4) is 11.3 Å². The van der Waals surface area contributed by atoms with Gasteiger partial charge < -0.3 is 9.64 Å². The molecule has 0 bridgehead atoms. The van der Waals surface area contributed by atoms with Gasteiger partial charge in [-0.25, -0.2) is 4.39 Å². The van der Waals surface area contributed by atoms with Crippen molar-refractivity contribution >= 4 is 5.91 Å². The van der Waals surface area contributed by atoms with E-state index >= 15 is 0 Å². The van der Waals surface area contributed by atoms with Gasteiger partial charge in [0.05, 0.1) is 30.1 Å². The summed E-state index contributed by atoms with van der Waals surface area (Å²) in [6, 6.07) is 9.92. The molecule has 118 valence electrons. The molecular formula is C18H17FN2O2. The molecule has 1 aromatic carbocycles. The first kappa shape index (κ1) is 14.3. The third-order valence-electron chi connectivity index (χ3n) is 4.39. The lowest BCUT2D eigenvalue weighted by Gasteiger charge is -2.29. The van der Waals surface area contributed by atoms with E-state index in [9.17, 15) is 9.18 Å². The summed E-state index contributed by atoms with van der Waals surface area (Å²) >= 11 is 0. The van der Waals surface area contributed by atoms with Gasteiger partial charge in [-0.15, -0.1) is 0 Å². The molecule has 23 heavy (non-hydrogen) atoms. The molecule has 4 nitrogen and oxygen atoms in total. The van der Waals surface area contributed by atoms with E-state index in [0.29, 0.717) is 37.4 Å². The SMILES string of the molecule is CC1(CN2CCc3nc(-c4cccc(F)c4)ccc3C2=O)CO1. The van der Waals surface area contributed by atoms with E-state index in [4.69, 9.17) is 4.74 Å². The molecule has 5 heteroatoms. The van der Waals surface area contributed by atoms with E-state index in [2.05, 4.69) is 4.98 Å². The number of epoxide rings is 1. The zero-order valence-electron chi connectivity index (χ0n) is 12.9. The zero-order chi connectivity index (χ0) is 16.0. The van der Waals surface area contributed by atoms with Gasteiger partial charge in [-0.05, 0) is 31.2 Å². The largest absolute Gasteiger partial charge is 0.368 e. The van der Waals surface area contributed by atoms with Gasteiger partial charge in [0.1, 0.15) is 11.4 Å². The molecule has 1 aromatic heterocycles. The van der Waals surface area contributed by atoms with E-state index in [1.807, 2.05) is 17.9 Å². The second-order valence-electron chi connectivity index (χ2n) is 6.42. The molecule has 0 N–H and O–H groups in total.